The van der Waals surface area contributed by atoms with Crippen LogP contribution in [0.3, 0.4) is 0 Å². The molecule has 0 fully saturated rings. The molecule has 0 aliphatic carbocycles. The minimum atomic E-state index is -0.465. The van der Waals surface area contributed by atoms with Crippen molar-refractivity contribution in [2.24, 2.45) is 0 Å². The van der Waals surface area contributed by atoms with E-state index in [9.17, 15) is 10.1 Å². The van der Waals surface area contributed by atoms with Crippen LogP contribution in [-0.4, -0.2) is 11.5 Å². The molecule has 0 saturated heterocycles. The van der Waals surface area contributed by atoms with E-state index in [2.05, 4.69) is 6.58 Å². The first-order chi connectivity index (χ1) is 7.15. The Bertz CT molecular complexity index is 379. The molecule has 0 aromatic heterocycles. The van der Waals surface area contributed by atoms with Gasteiger partial charge in [-0.15, -0.1) is 6.58 Å². The summed E-state index contributed by atoms with van der Waals surface area (Å²) in [5.41, 5.74) is 0.615. The van der Waals surface area contributed by atoms with Crippen LogP contribution in [0, 0.1) is 10.1 Å². The van der Waals surface area contributed by atoms with Gasteiger partial charge in [0.25, 0.3) is 5.69 Å². The summed E-state index contributed by atoms with van der Waals surface area (Å²) >= 11 is 5.85. The van der Waals surface area contributed by atoms with Crippen LogP contribution in [0.25, 0.3) is 0 Å². The molecule has 0 amide bonds. The highest BCUT2D eigenvalue weighted by atomic mass is 35.5. The van der Waals surface area contributed by atoms with Crippen LogP contribution in [0.15, 0.2) is 30.9 Å². The summed E-state index contributed by atoms with van der Waals surface area (Å²) in [5, 5.41) is 11.0. The first kappa shape index (κ1) is 11.7. The number of rotatable bonds is 5. The van der Waals surface area contributed by atoms with Gasteiger partial charge in [-0.05, 0) is 6.07 Å². The fraction of sp³-hybridized carbons (Fsp3) is 0.200. The van der Waals surface area contributed by atoms with E-state index in [1.807, 2.05) is 0 Å². The predicted molar refractivity (Wildman–Crippen MR) is 58.0 cm³/mol. The van der Waals surface area contributed by atoms with Gasteiger partial charge in [0.2, 0.25) is 0 Å². The summed E-state index contributed by atoms with van der Waals surface area (Å²) in [6.07, 6.45) is 1.60. The third kappa shape index (κ3) is 3.34. The second-order valence-electron chi connectivity index (χ2n) is 2.84. The quantitative estimate of drug-likeness (QED) is 0.336. The van der Waals surface area contributed by atoms with Gasteiger partial charge in [-0.1, -0.05) is 17.7 Å². The Balaban J connectivity index is 2.80. The van der Waals surface area contributed by atoms with Crippen molar-refractivity contribution in [3.63, 3.8) is 0 Å². The van der Waals surface area contributed by atoms with Crippen molar-refractivity contribution in [3.05, 3.63) is 51.6 Å². The van der Waals surface area contributed by atoms with Gasteiger partial charge in [-0.2, -0.15) is 0 Å². The molecule has 0 N–H and O–H groups in total. The monoisotopic (exact) mass is 227 g/mol. The van der Waals surface area contributed by atoms with Crippen LogP contribution in [0.4, 0.5) is 5.69 Å². The fourth-order valence-electron chi connectivity index (χ4n) is 1.04. The average Bonchev–Trinajstić information content (AvgIpc) is 2.20. The highest BCUT2D eigenvalue weighted by molar-refractivity contribution is 6.31. The normalized spacial score (nSPS) is 9.93. The van der Waals surface area contributed by atoms with Crippen LogP contribution < -0.4 is 0 Å². The molecule has 0 saturated carbocycles. The van der Waals surface area contributed by atoms with Gasteiger partial charge in [0.15, 0.2) is 0 Å². The summed E-state index contributed by atoms with van der Waals surface area (Å²) in [4.78, 5) is 10.0. The summed E-state index contributed by atoms with van der Waals surface area (Å²) in [5.74, 6) is 0. The van der Waals surface area contributed by atoms with Gasteiger partial charge in [0, 0.05) is 22.7 Å². The Labute approximate surface area is 92.3 Å². The van der Waals surface area contributed by atoms with Crippen LogP contribution in [-0.2, 0) is 11.3 Å². The lowest BCUT2D eigenvalue weighted by molar-refractivity contribution is -0.384. The zero-order valence-electron chi connectivity index (χ0n) is 7.98. The molecule has 0 heterocycles. The molecule has 1 aromatic rings. The van der Waals surface area contributed by atoms with E-state index in [1.54, 1.807) is 6.08 Å². The Hall–Kier alpha value is -1.39. The summed E-state index contributed by atoms with van der Waals surface area (Å²) < 4.78 is 5.16. The Morgan fingerprint density at radius 1 is 1.60 bits per heavy atom. The van der Waals surface area contributed by atoms with Gasteiger partial charge in [0.1, 0.15) is 0 Å². The highest BCUT2D eigenvalue weighted by Crippen LogP contribution is 2.22. The molecule has 15 heavy (non-hydrogen) atoms. The van der Waals surface area contributed by atoms with Crippen molar-refractivity contribution in [1.82, 2.24) is 0 Å². The first-order valence-corrected chi connectivity index (χ1v) is 4.64. The molecular weight excluding hydrogens is 218 g/mol. The topological polar surface area (TPSA) is 52.4 Å². The zero-order chi connectivity index (χ0) is 11.3. The molecule has 0 aliphatic rings. The number of hydrogen-bond donors (Lipinski definition) is 0. The van der Waals surface area contributed by atoms with E-state index < -0.39 is 4.92 Å². The minimum absolute atomic E-state index is 0.0107. The van der Waals surface area contributed by atoms with Crippen molar-refractivity contribution < 1.29 is 9.66 Å². The van der Waals surface area contributed by atoms with E-state index in [1.165, 1.54) is 18.2 Å². The number of ether oxygens (including phenoxy) is 1. The molecule has 0 atom stereocenters. The molecular formula is C10H10ClNO3. The van der Waals surface area contributed by atoms with Gasteiger partial charge in [-0.25, -0.2) is 0 Å². The maximum absolute atomic E-state index is 10.5. The Kier molecular flexibility index (Phi) is 4.27. The van der Waals surface area contributed by atoms with Crippen LogP contribution in [0.5, 0.6) is 0 Å². The molecule has 80 valence electrons. The van der Waals surface area contributed by atoms with Crippen molar-refractivity contribution in [3.8, 4) is 0 Å². The SMILES string of the molecule is C=CCOCc1cc([N+](=O)[O-])ccc1Cl. The van der Waals surface area contributed by atoms with Gasteiger partial charge in [0.05, 0.1) is 18.1 Å². The van der Waals surface area contributed by atoms with Crippen LogP contribution in [0.2, 0.25) is 5.02 Å². The second-order valence-corrected chi connectivity index (χ2v) is 3.24. The van der Waals surface area contributed by atoms with E-state index in [4.69, 9.17) is 16.3 Å². The Morgan fingerprint density at radius 3 is 2.93 bits per heavy atom. The number of nitro benzene ring substituents is 1. The third-order valence-corrected chi connectivity index (χ3v) is 2.10. The number of halogens is 1. The molecule has 1 aromatic carbocycles. The van der Waals surface area contributed by atoms with Gasteiger partial charge < -0.3 is 4.74 Å². The number of nitro groups is 1. The minimum Gasteiger partial charge on any atom is -0.373 e. The van der Waals surface area contributed by atoms with E-state index >= 15 is 0 Å². The van der Waals surface area contributed by atoms with Gasteiger partial charge >= 0.3 is 0 Å². The number of nitrogens with zero attached hydrogens (tertiary/aromatic N) is 1. The van der Waals surface area contributed by atoms with Gasteiger partial charge in [-0.3, -0.25) is 10.1 Å². The first-order valence-electron chi connectivity index (χ1n) is 4.26. The standard InChI is InChI=1S/C10H10ClNO3/c1-2-5-15-7-8-6-9(12(13)14)3-4-10(8)11/h2-4,6H,1,5,7H2. The number of hydrogen-bond acceptors (Lipinski definition) is 3. The zero-order valence-corrected chi connectivity index (χ0v) is 8.74. The number of benzene rings is 1. The van der Waals surface area contributed by atoms with Crippen molar-refractivity contribution in [1.29, 1.82) is 0 Å². The van der Waals surface area contributed by atoms with Crippen molar-refractivity contribution in [2.45, 2.75) is 6.61 Å². The molecule has 0 spiro atoms. The average molecular weight is 228 g/mol. The molecule has 5 heteroatoms. The smallest absolute Gasteiger partial charge is 0.269 e. The molecule has 0 aliphatic heterocycles. The second kappa shape index (κ2) is 5.48. The Morgan fingerprint density at radius 2 is 2.33 bits per heavy atom. The van der Waals surface area contributed by atoms with E-state index in [0.29, 0.717) is 17.2 Å². The molecule has 0 bridgehead atoms. The van der Waals surface area contributed by atoms with E-state index in [0.717, 1.165) is 0 Å². The fourth-order valence-corrected chi connectivity index (χ4v) is 1.21. The third-order valence-electron chi connectivity index (χ3n) is 1.73. The molecule has 4 nitrogen and oxygen atoms in total. The molecule has 0 unspecified atom stereocenters. The van der Waals surface area contributed by atoms with E-state index in [-0.39, 0.29) is 12.3 Å². The summed E-state index contributed by atoms with van der Waals surface area (Å²) in [6, 6.07) is 4.26. The van der Waals surface area contributed by atoms with Crippen molar-refractivity contribution >= 4 is 17.3 Å². The lowest BCUT2D eigenvalue weighted by Crippen LogP contribution is -1.95. The summed E-state index contributed by atoms with van der Waals surface area (Å²) in [7, 11) is 0. The largest absolute Gasteiger partial charge is 0.373 e. The molecule has 0 radical (unpaired) electrons. The van der Waals surface area contributed by atoms with Crippen LogP contribution in [0.1, 0.15) is 5.56 Å². The highest BCUT2D eigenvalue weighted by Gasteiger charge is 2.09. The summed E-state index contributed by atoms with van der Waals surface area (Å²) in [6.45, 7) is 4.12. The maximum Gasteiger partial charge on any atom is 0.269 e. The lowest BCUT2D eigenvalue weighted by atomic mass is 10.2. The molecule has 1 rings (SSSR count). The van der Waals surface area contributed by atoms with Crippen molar-refractivity contribution in [2.75, 3.05) is 6.61 Å². The lowest BCUT2D eigenvalue weighted by Gasteiger charge is -2.03. The maximum atomic E-state index is 10.5. The predicted octanol–water partition coefficient (Wildman–Crippen LogP) is 2.95. The number of non-ortho nitro benzene ring substituents is 1. The van der Waals surface area contributed by atoms with Crippen LogP contribution >= 0.6 is 11.6 Å².